The largest absolute Gasteiger partial charge is 0.497 e. The molecule has 0 saturated heterocycles. The Hall–Kier alpha value is -2.34. The summed E-state index contributed by atoms with van der Waals surface area (Å²) in [6.45, 7) is 0. The maximum atomic E-state index is 10.5. The average molecular weight is 375 g/mol. The van der Waals surface area contributed by atoms with Crippen LogP contribution in [0.4, 0.5) is 0 Å². The van der Waals surface area contributed by atoms with Gasteiger partial charge in [-0.2, -0.15) is 0 Å². The second-order valence-corrected chi connectivity index (χ2v) is 2.95. The van der Waals surface area contributed by atoms with E-state index in [0.29, 0.717) is 5.56 Å². The van der Waals surface area contributed by atoms with Crippen LogP contribution in [0.3, 0.4) is 0 Å². The molecule has 0 unspecified atom stereocenters. The minimum Gasteiger partial charge on any atom is -0.497 e. The fourth-order valence-electron chi connectivity index (χ4n) is 1.31. The molecule has 0 spiro atoms. The molecule has 0 bridgehead atoms. The van der Waals surface area contributed by atoms with Crippen LogP contribution < -0.4 is 72.4 Å². The summed E-state index contributed by atoms with van der Waals surface area (Å²) in [5.74, 6) is 0.767. The smallest absolute Gasteiger partial charge is 0.151 e. The molecule has 0 aliphatic rings. The number of carbonyl (C=O) groups is 1. The zero-order valence-corrected chi connectivity index (χ0v) is 15.5. The minimum absolute atomic E-state index is 0. The van der Waals surface area contributed by atoms with Crippen LogP contribution in [0.1, 0.15) is 10.4 Å². The molecular formula is C11H42N12O2. The van der Waals surface area contributed by atoms with Crippen LogP contribution in [0.5, 0.6) is 5.75 Å². The highest BCUT2D eigenvalue weighted by molar-refractivity contribution is 5.86. The Kier molecular flexibility index (Phi) is 78.7. The van der Waals surface area contributed by atoms with Crippen molar-refractivity contribution >= 4 is 17.2 Å². The fourth-order valence-corrected chi connectivity index (χ4v) is 1.31. The van der Waals surface area contributed by atoms with Gasteiger partial charge in [0.15, 0.2) is 6.29 Å². The third-order valence-electron chi connectivity index (χ3n) is 2.05. The molecular weight excluding hydrogens is 332 g/mol. The lowest BCUT2D eigenvalue weighted by Crippen LogP contribution is -1.86. The molecule has 14 nitrogen and oxygen atoms in total. The van der Waals surface area contributed by atoms with Crippen LogP contribution in [0.2, 0.25) is 0 Å². The first-order valence-electron chi connectivity index (χ1n) is 4.22. The van der Waals surface area contributed by atoms with E-state index >= 15 is 0 Å². The molecule has 0 radical (unpaired) electrons. The number of hydrogen-bond donors (Lipinski definition) is 11. The van der Waals surface area contributed by atoms with Crippen molar-refractivity contribution in [2.75, 3.05) is 7.11 Å². The monoisotopic (exact) mass is 374 g/mol. The van der Waals surface area contributed by atoms with Crippen LogP contribution in [0.15, 0.2) is 30.5 Å². The van der Waals surface area contributed by atoms with Crippen LogP contribution in [0.25, 0.3) is 10.9 Å². The number of aromatic nitrogens is 1. The van der Waals surface area contributed by atoms with Crippen molar-refractivity contribution in [3.05, 3.63) is 36.0 Å². The molecule has 0 amide bonds. The van der Waals surface area contributed by atoms with Crippen LogP contribution in [0, 0.1) is 0 Å². The summed E-state index contributed by atoms with van der Waals surface area (Å²) in [4.78, 5) is 14.7. The van der Waals surface area contributed by atoms with Gasteiger partial charge in [-0.15, -0.1) is 0 Å². The van der Waals surface area contributed by atoms with Gasteiger partial charge in [-0.1, -0.05) is 0 Å². The van der Waals surface area contributed by atoms with E-state index in [4.69, 9.17) is 4.74 Å². The summed E-state index contributed by atoms with van der Waals surface area (Å²) in [5, 5.41) is 0.940. The Balaban J connectivity index is -0.0000000256. The Morgan fingerprint density at radius 3 is 1.68 bits per heavy atom. The topological polar surface area (TPSA) is 424 Å². The Morgan fingerprint density at radius 1 is 0.800 bits per heavy atom. The SMILES string of the molecule is COc1ccc2cc(C=O)cnc2c1.N.N.N.N.N.N.N.N.N.N.N. The molecule has 158 valence electrons. The van der Waals surface area contributed by atoms with Gasteiger partial charge in [-0.25, -0.2) is 0 Å². The van der Waals surface area contributed by atoms with E-state index in [1.807, 2.05) is 18.2 Å². The van der Waals surface area contributed by atoms with Crippen LogP contribution in [-0.2, 0) is 0 Å². The zero-order valence-electron chi connectivity index (χ0n) is 15.5. The lowest BCUT2D eigenvalue weighted by atomic mass is 10.2. The quantitative estimate of drug-likeness (QED) is 0.332. The number of pyridine rings is 1. The van der Waals surface area contributed by atoms with Crippen molar-refractivity contribution in [3.63, 3.8) is 0 Å². The predicted octanol–water partition coefficient (Wildman–Crippen LogP) is 3.84. The van der Waals surface area contributed by atoms with E-state index in [2.05, 4.69) is 4.98 Å². The van der Waals surface area contributed by atoms with E-state index in [1.54, 1.807) is 19.4 Å². The fraction of sp³-hybridized carbons (Fsp3) is 0.0909. The number of benzene rings is 1. The van der Waals surface area contributed by atoms with Crippen molar-refractivity contribution in [2.24, 2.45) is 0 Å². The molecule has 0 aliphatic heterocycles. The molecule has 1 aromatic heterocycles. The van der Waals surface area contributed by atoms with Gasteiger partial charge in [0.05, 0.1) is 12.6 Å². The summed E-state index contributed by atoms with van der Waals surface area (Å²) < 4.78 is 5.07. The maximum absolute atomic E-state index is 10.5. The van der Waals surface area contributed by atoms with Crippen molar-refractivity contribution in [1.29, 1.82) is 0 Å². The normalized spacial score (nSPS) is 5.64. The summed E-state index contributed by atoms with van der Waals surface area (Å²) in [7, 11) is 1.61. The van der Waals surface area contributed by atoms with E-state index < -0.39 is 0 Å². The molecule has 0 saturated carbocycles. The highest BCUT2D eigenvalue weighted by Gasteiger charge is 1.98. The van der Waals surface area contributed by atoms with E-state index in [-0.39, 0.29) is 67.7 Å². The molecule has 33 N–H and O–H groups in total. The first-order valence-corrected chi connectivity index (χ1v) is 4.22. The first kappa shape index (κ1) is 66.3. The number of hydrogen-bond acceptors (Lipinski definition) is 14. The Bertz CT molecular complexity index is 499. The second kappa shape index (κ2) is 29.6. The molecule has 0 aliphatic carbocycles. The summed E-state index contributed by atoms with van der Waals surface area (Å²) >= 11 is 0. The van der Waals surface area contributed by atoms with E-state index in [0.717, 1.165) is 22.9 Å². The number of ether oxygens (including phenoxy) is 1. The van der Waals surface area contributed by atoms with Gasteiger partial charge in [0, 0.05) is 23.2 Å². The molecule has 1 heterocycles. The van der Waals surface area contributed by atoms with Gasteiger partial charge in [0.25, 0.3) is 0 Å². The van der Waals surface area contributed by atoms with Gasteiger partial charge >= 0.3 is 0 Å². The summed E-state index contributed by atoms with van der Waals surface area (Å²) in [6.07, 6.45) is 2.34. The number of methoxy groups -OCH3 is 1. The predicted molar refractivity (Wildman–Crippen MR) is 109 cm³/mol. The van der Waals surface area contributed by atoms with Crippen LogP contribution in [-0.4, -0.2) is 18.4 Å². The number of aldehydes is 1. The number of rotatable bonds is 2. The molecule has 14 heteroatoms. The highest BCUT2D eigenvalue weighted by atomic mass is 16.5. The molecule has 25 heavy (non-hydrogen) atoms. The summed E-state index contributed by atoms with van der Waals surface area (Å²) in [5.41, 5.74) is 1.41. The standard InChI is InChI=1S/C11H9NO2.11H3N/c1-14-10-3-2-9-4-8(7-13)6-12-11(9)5-10;;;;;;;;;;;/h2-7H,1H3;11*1H3. The first-order chi connectivity index (χ1) is 6.83. The Morgan fingerprint density at radius 2 is 1.28 bits per heavy atom. The molecule has 2 rings (SSSR count). The zero-order chi connectivity index (χ0) is 9.97. The highest BCUT2D eigenvalue weighted by Crippen LogP contribution is 2.19. The minimum atomic E-state index is 0. The summed E-state index contributed by atoms with van der Waals surface area (Å²) in [6, 6.07) is 7.37. The van der Waals surface area contributed by atoms with Gasteiger partial charge in [-0.3, -0.25) is 9.78 Å². The molecule has 0 fully saturated rings. The van der Waals surface area contributed by atoms with Crippen molar-refractivity contribution in [1.82, 2.24) is 72.6 Å². The van der Waals surface area contributed by atoms with Gasteiger partial charge in [0.2, 0.25) is 0 Å². The van der Waals surface area contributed by atoms with E-state index in [1.165, 1.54) is 0 Å². The van der Waals surface area contributed by atoms with E-state index in [9.17, 15) is 4.79 Å². The van der Waals surface area contributed by atoms with Crippen molar-refractivity contribution in [2.45, 2.75) is 0 Å². The number of nitrogens with zero attached hydrogens (tertiary/aromatic N) is 1. The number of fused-ring (bicyclic) bond motifs is 1. The molecule has 1 aromatic carbocycles. The van der Waals surface area contributed by atoms with Crippen molar-refractivity contribution < 1.29 is 9.53 Å². The lowest BCUT2D eigenvalue weighted by Gasteiger charge is -2.01. The maximum Gasteiger partial charge on any atom is 0.151 e. The Labute approximate surface area is 149 Å². The van der Waals surface area contributed by atoms with Crippen molar-refractivity contribution in [3.8, 4) is 5.75 Å². The number of carbonyl (C=O) groups excluding carboxylic acids is 1. The third-order valence-corrected chi connectivity index (χ3v) is 2.05. The molecule has 0 atom stereocenters. The third kappa shape index (κ3) is 15.0. The second-order valence-electron chi connectivity index (χ2n) is 2.95. The van der Waals surface area contributed by atoms with Crippen LogP contribution >= 0.6 is 0 Å². The van der Waals surface area contributed by atoms with Gasteiger partial charge < -0.3 is 72.4 Å². The van der Waals surface area contributed by atoms with Gasteiger partial charge in [-0.05, 0) is 18.2 Å². The molecule has 2 aromatic rings. The van der Waals surface area contributed by atoms with Gasteiger partial charge in [0.1, 0.15) is 5.75 Å². The average Bonchev–Trinajstić information content (AvgIpc) is 2.27. The lowest BCUT2D eigenvalue weighted by molar-refractivity contribution is 0.112.